The predicted molar refractivity (Wildman–Crippen MR) is 147 cm³/mol. The van der Waals surface area contributed by atoms with Gasteiger partial charge in [-0.05, 0) is 78.1 Å². The Balaban J connectivity index is 0.00000961. The SMILES string of the molecule is CCNC(=NCC(c1ccc(OC)c(OC)c1)N(C)C)NC(C)CCCN(CC)CC.I. The summed E-state index contributed by atoms with van der Waals surface area (Å²) in [6.45, 7) is 13.6. The van der Waals surface area contributed by atoms with Crippen molar-refractivity contribution in [2.24, 2.45) is 4.99 Å². The number of hydrogen-bond donors (Lipinski definition) is 2. The molecule has 0 aliphatic heterocycles. The molecule has 8 heteroatoms. The molecule has 1 rings (SSSR count). The third-order valence-electron chi connectivity index (χ3n) is 5.57. The topological polar surface area (TPSA) is 61.4 Å². The molecule has 0 saturated heterocycles. The fraction of sp³-hybridized carbons (Fsp3) is 0.708. The minimum atomic E-state index is 0. The zero-order valence-electron chi connectivity index (χ0n) is 21.4. The van der Waals surface area contributed by atoms with Gasteiger partial charge in [-0.3, -0.25) is 4.99 Å². The number of aliphatic imine (C=N–C) groups is 1. The molecule has 0 spiro atoms. The molecule has 0 radical (unpaired) electrons. The van der Waals surface area contributed by atoms with Crippen molar-refractivity contribution in [1.82, 2.24) is 20.4 Å². The van der Waals surface area contributed by atoms with E-state index >= 15 is 0 Å². The molecule has 2 atom stereocenters. The molecule has 1 aromatic carbocycles. The van der Waals surface area contributed by atoms with Gasteiger partial charge in [0, 0.05) is 12.6 Å². The highest BCUT2D eigenvalue weighted by Crippen LogP contribution is 2.31. The first kappa shape index (κ1) is 30.7. The molecule has 0 saturated carbocycles. The predicted octanol–water partition coefficient (Wildman–Crippen LogP) is 3.99. The van der Waals surface area contributed by atoms with Gasteiger partial charge in [0.2, 0.25) is 0 Å². The molecular formula is C24H46IN5O2. The van der Waals surface area contributed by atoms with Crippen molar-refractivity contribution in [2.45, 2.75) is 52.6 Å². The van der Waals surface area contributed by atoms with E-state index in [0.29, 0.717) is 12.6 Å². The van der Waals surface area contributed by atoms with E-state index in [2.05, 4.69) is 68.3 Å². The number of ether oxygens (including phenoxy) is 2. The maximum absolute atomic E-state index is 5.49. The number of halogens is 1. The van der Waals surface area contributed by atoms with Crippen LogP contribution in [-0.2, 0) is 0 Å². The summed E-state index contributed by atoms with van der Waals surface area (Å²) in [6.07, 6.45) is 2.30. The lowest BCUT2D eigenvalue weighted by Gasteiger charge is -2.25. The number of guanidine groups is 1. The van der Waals surface area contributed by atoms with Crippen molar-refractivity contribution < 1.29 is 9.47 Å². The van der Waals surface area contributed by atoms with Gasteiger partial charge >= 0.3 is 0 Å². The lowest BCUT2D eigenvalue weighted by Crippen LogP contribution is -2.43. The van der Waals surface area contributed by atoms with Crippen LogP contribution in [0.5, 0.6) is 11.5 Å². The lowest BCUT2D eigenvalue weighted by molar-refractivity contribution is 0.292. The van der Waals surface area contributed by atoms with E-state index in [9.17, 15) is 0 Å². The van der Waals surface area contributed by atoms with Crippen LogP contribution in [0.3, 0.4) is 0 Å². The molecule has 2 unspecified atom stereocenters. The minimum Gasteiger partial charge on any atom is -0.493 e. The van der Waals surface area contributed by atoms with E-state index in [1.54, 1.807) is 14.2 Å². The molecule has 0 aliphatic rings. The summed E-state index contributed by atoms with van der Waals surface area (Å²) in [6, 6.07) is 6.57. The lowest BCUT2D eigenvalue weighted by atomic mass is 10.1. The Morgan fingerprint density at radius 3 is 2.25 bits per heavy atom. The van der Waals surface area contributed by atoms with E-state index in [4.69, 9.17) is 14.5 Å². The van der Waals surface area contributed by atoms with Crippen LogP contribution >= 0.6 is 24.0 Å². The van der Waals surface area contributed by atoms with Crippen molar-refractivity contribution in [1.29, 1.82) is 0 Å². The van der Waals surface area contributed by atoms with Crippen molar-refractivity contribution in [3.8, 4) is 11.5 Å². The number of benzene rings is 1. The molecule has 0 fully saturated rings. The summed E-state index contributed by atoms with van der Waals surface area (Å²) in [7, 11) is 7.47. The summed E-state index contributed by atoms with van der Waals surface area (Å²) in [5.41, 5.74) is 1.15. The van der Waals surface area contributed by atoms with Crippen molar-refractivity contribution in [2.75, 3.05) is 61.0 Å². The Morgan fingerprint density at radius 1 is 1.06 bits per heavy atom. The minimum absolute atomic E-state index is 0. The molecule has 0 aliphatic carbocycles. The second-order valence-corrected chi connectivity index (χ2v) is 8.03. The summed E-state index contributed by atoms with van der Waals surface area (Å²) >= 11 is 0. The Morgan fingerprint density at radius 2 is 1.72 bits per heavy atom. The Kier molecular flexibility index (Phi) is 16.6. The Hall–Kier alpha value is -1.26. The van der Waals surface area contributed by atoms with Crippen LogP contribution in [0, 0.1) is 0 Å². The first-order chi connectivity index (χ1) is 14.9. The first-order valence-electron chi connectivity index (χ1n) is 11.5. The molecular weight excluding hydrogens is 517 g/mol. The number of rotatable bonds is 14. The van der Waals surface area contributed by atoms with E-state index < -0.39 is 0 Å². The monoisotopic (exact) mass is 563 g/mol. The Bertz CT molecular complexity index is 653. The molecule has 186 valence electrons. The number of likely N-dealkylation sites (N-methyl/N-ethyl adjacent to an activating group) is 1. The van der Waals surface area contributed by atoms with E-state index in [1.807, 2.05) is 12.1 Å². The van der Waals surface area contributed by atoms with Crippen LogP contribution in [0.15, 0.2) is 23.2 Å². The van der Waals surface area contributed by atoms with Crippen molar-refractivity contribution in [3.05, 3.63) is 23.8 Å². The van der Waals surface area contributed by atoms with Gasteiger partial charge in [-0.2, -0.15) is 0 Å². The number of nitrogens with zero attached hydrogens (tertiary/aromatic N) is 3. The van der Waals surface area contributed by atoms with Crippen molar-refractivity contribution in [3.63, 3.8) is 0 Å². The third kappa shape index (κ3) is 10.6. The fourth-order valence-corrected chi connectivity index (χ4v) is 3.59. The van der Waals surface area contributed by atoms with Gasteiger partial charge in [0.15, 0.2) is 17.5 Å². The second kappa shape index (κ2) is 17.2. The molecule has 0 bridgehead atoms. The summed E-state index contributed by atoms with van der Waals surface area (Å²) < 4.78 is 10.9. The first-order valence-corrected chi connectivity index (χ1v) is 11.5. The van der Waals surface area contributed by atoms with Crippen LogP contribution in [-0.4, -0.2) is 82.8 Å². The van der Waals surface area contributed by atoms with Gasteiger partial charge in [0.1, 0.15) is 0 Å². The van der Waals surface area contributed by atoms with Crippen LogP contribution in [0.2, 0.25) is 0 Å². The molecule has 7 nitrogen and oxygen atoms in total. The zero-order chi connectivity index (χ0) is 23.2. The highest BCUT2D eigenvalue weighted by Gasteiger charge is 2.17. The molecule has 0 amide bonds. The molecule has 0 heterocycles. The van der Waals surface area contributed by atoms with Crippen LogP contribution in [0.25, 0.3) is 0 Å². The molecule has 1 aromatic rings. The Labute approximate surface area is 213 Å². The van der Waals surface area contributed by atoms with Gasteiger partial charge in [-0.15, -0.1) is 24.0 Å². The van der Waals surface area contributed by atoms with Crippen molar-refractivity contribution >= 4 is 29.9 Å². The molecule has 0 aromatic heterocycles. The largest absolute Gasteiger partial charge is 0.493 e. The standard InChI is InChI=1S/C24H45N5O2.HI/c1-9-25-24(27-19(4)13-12-16-29(10-2)11-3)26-18-21(28(5)6)20-14-15-22(30-7)23(17-20)31-8;/h14-15,17,19,21H,9-13,16,18H2,1-8H3,(H2,25,26,27);1H. The molecule has 32 heavy (non-hydrogen) atoms. The fourth-order valence-electron chi connectivity index (χ4n) is 3.59. The quantitative estimate of drug-likeness (QED) is 0.203. The van der Waals surface area contributed by atoms with E-state index in [-0.39, 0.29) is 30.0 Å². The number of methoxy groups -OCH3 is 2. The average molecular weight is 564 g/mol. The normalized spacial score (nSPS) is 13.5. The zero-order valence-corrected chi connectivity index (χ0v) is 23.7. The highest BCUT2D eigenvalue weighted by atomic mass is 127. The summed E-state index contributed by atoms with van der Waals surface area (Å²) in [5.74, 6) is 2.34. The van der Waals surface area contributed by atoms with E-state index in [0.717, 1.165) is 55.6 Å². The summed E-state index contributed by atoms with van der Waals surface area (Å²) in [5, 5.41) is 6.96. The van der Waals surface area contributed by atoms with Gasteiger partial charge in [-0.25, -0.2) is 0 Å². The molecule has 2 N–H and O–H groups in total. The average Bonchev–Trinajstić information content (AvgIpc) is 2.76. The smallest absolute Gasteiger partial charge is 0.191 e. The van der Waals surface area contributed by atoms with Crippen LogP contribution in [0.4, 0.5) is 0 Å². The van der Waals surface area contributed by atoms with Crippen LogP contribution < -0.4 is 20.1 Å². The highest BCUT2D eigenvalue weighted by molar-refractivity contribution is 14.0. The van der Waals surface area contributed by atoms with Crippen LogP contribution in [0.1, 0.15) is 52.1 Å². The van der Waals surface area contributed by atoms with Gasteiger partial charge in [0.05, 0.1) is 26.8 Å². The van der Waals surface area contributed by atoms with E-state index in [1.165, 1.54) is 6.42 Å². The van der Waals surface area contributed by atoms with Gasteiger partial charge < -0.3 is 29.9 Å². The third-order valence-corrected chi connectivity index (χ3v) is 5.57. The number of nitrogens with one attached hydrogen (secondary N) is 2. The van der Waals surface area contributed by atoms with Gasteiger partial charge in [0.25, 0.3) is 0 Å². The second-order valence-electron chi connectivity index (χ2n) is 8.03. The maximum Gasteiger partial charge on any atom is 0.191 e. The van der Waals surface area contributed by atoms with Gasteiger partial charge in [-0.1, -0.05) is 19.9 Å². The summed E-state index contributed by atoms with van der Waals surface area (Å²) in [4.78, 5) is 9.55. The maximum atomic E-state index is 5.49. The number of hydrogen-bond acceptors (Lipinski definition) is 5.